The first kappa shape index (κ1) is 12.3. The van der Waals surface area contributed by atoms with Crippen molar-refractivity contribution in [1.82, 2.24) is 4.90 Å². The van der Waals surface area contributed by atoms with Crippen LogP contribution in [0, 0.1) is 5.92 Å². The quantitative estimate of drug-likeness (QED) is 0.582. The lowest BCUT2D eigenvalue weighted by Gasteiger charge is -2.19. The van der Waals surface area contributed by atoms with Crippen LogP contribution in [0.5, 0.6) is 0 Å². The highest BCUT2D eigenvalue weighted by Gasteiger charge is 2.08. The summed E-state index contributed by atoms with van der Waals surface area (Å²) in [7, 11) is 1.91. The Morgan fingerprint density at radius 1 is 1.54 bits per heavy atom. The van der Waals surface area contributed by atoms with Gasteiger partial charge in [0.25, 0.3) is 0 Å². The number of carbonyl (C=O) groups is 1. The molecule has 0 fully saturated rings. The SMILES string of the molecule is CC(CN(C)CCC(N)=O)C(N)=S. The topological polar surface area (TPSA) is 72.3 Å². The lowest BCUT2D eigenvalue weighted by molar-refractivity contribution is -0.118. The Labute approximate surface area is 84.3 Å². The van der Waals surface area contributed by atoms with Crippen LogP contribution in [-0.2, 0) is 4.79 Å². The van der Waals surface area contributed by atoms with Crippen LogP contribution in [0.3, 0.4) is 0 Å². The number of hydrogen-bond donors (Lipinski definition) is 2. The van der Waals surface area contributed by atoms with Gasteiger partial charge in [0.2, 0.25) is 5.91 Å². The molecule has 0 bridgehead atoms. The van der Waals surface area contributed by atoms with E-state index in [9.17, 15) is 4.79 Å². The molecule has 0 aromatic carbocycles. The number of carbonyl (C=O) groups excluding carboxylic acids is 1. The van der Waals surface area contributed by atoms with Crippen LogP contribution in [-0.4, -0.2) is 35.9 Å². The Morgan fingerprint density at radius 2 is 2.08 bits per heavy atom. The van der Waals surface area contributed by atoms with Crippen LogP contribution in [0.4, 0.5) is 0 Å². The van der Waals surface area contributed by atoms with E-state index >= 15 is 0 Å². The van der Waals surface area contributed by atoms with Gasteiger partial charge in [-0.1, -0.05) is 19.1 Å². The molecule has 1 amide bonds. The first-order valence-corrected chi connectivity index (χ1v) is 4.60. The van der Waals surface area contributed by atoms with Crippen molar-refractivity contribution in [3.63, 3.8) is 0 Å². The number of nitrogens with zero attached hydrogens (tertiary/aromatic N) is 1. The molecular formula is C8H17N3OS. The summed E-state index contributed by atoms with van der Waals surface area (Å²) in [6.07, 6.45) is 0.376. The summed E-state index contributed by atoms with van der Waals surface area (Å²) in [6, 6.07) is 0. The van der Waals surface area contributed by atoms with Crippen molar-refractivity contribution in [2.24, 2.45) is 17.4 Å². The Balaban J connectivity index is 3.67. The van der Waals surface area contributed by atoms with Gasteiger partial charge in [-0.3, -0.25) is 4.79 Å². The molecular weight excluding hydrogens is 186 g/mol. The highest BCUT2D eigenvalue weighted by molar-refractivity contribution is 7.80. The predicted octanol–water partition coefficient (Wildman–Crippen LogP) is -0.284. The van der Waals surface area contributed by atoms with Crippen LogP contribution >= 0.6 is 12.2 Å². The molecule has 0 aliphatic rings. The van der Waals surface area contributed by atoms with E-state index in [0.29, 0.717) is 18.0 Å². The summed E-state index contributed by atoms with van der Waals surface area (Å²) in [5.74, 6) is -0.109. The molecule has 1 atom stereocenters. The van der Waals surface area contributed by atoms with Gasteiger partial charge >= 0.3 is 0 Å². The smallest absolute Gasteiger partial charge is 0.218 e. The van der Waals surface area contributed by atoms with Gasteiger partial charge in [-0.2, -0.15) is 0 Å². The third-order valence-electron chi connectivity index (χ3n) is 1.81. The van der Waals surface area contributed by atoms with Crippen molar-refractivity contribution < 1.29 is 4.79 Å². The summed E-state index contributed by atoms with van der Waals surface area (Å²) in [5.41, 5.74) is 10.5. The van der Waals surface area contributed by atoms with Crippen molar-refractivity contribution in [2.45, 2.75) is 13.3 Å². The normalized spacial score (nSPS) is 12.8. The summed E-state index contributed by atoms with van der Waals surface area (Å²) in [5, 5.41) is 0. The second-order valence-electron chi connectivity index (χ2n) is 3.28. The van der Waals surface area contributed by atoms with E-state index in [1.807, 2.05) is 18.9 Å². The van der Waals surface area contributed by atoms with Gasteiger partial charge in [-0.15, -0.1) is 0 Å². The van der Waals surface area contributed by atoms with Crippen molar-refractivity contribution in [3.8, 4) is 0 Å². The van der Waals surface area contributed by atoms with Gasteiger partial charge in [0.05, 0.1) is 4.99 Å². The molecule has 0 spiro atoms. The van der Waals surface area contributed by atoms with Gasteiger partial charge in [-0.25, -0.2) is 0 Å². The Bertz CT molecular complexity index is 196. The van der Waals surface area contributed by atoms with E-state index in [0.717, 1.165) is 6.54 Å². The summed E-state index contributed by atoms with van der Waals surface area (Å²) in [4.78, 5) is 13.0. The van der Waals surface area contributed by atoms with Crippen molar-refractivity contribution in [1.29, 1.82) is 0 Å². The molecule has 1 unspecified atom stereocenters. The van der Waals surface area contributed by atoms with Gasteiger partial charge < -0.3 is 16.4 Å². The molecule has 0 aromatic rings. The van der Waals surface area contributed by atoms with E-state index in [1.165, 1.54) is 0 Å². The predicted molar refractivity (Wildman–Crippen MR) is 57.3 cm³/mol. The Kier molecular flexibility index (Phi) is 5.57. The minimum Gasteiger partial charge on any atom is -0.393 e. The van der Waals surface area contributed by atoms with Gasteiger partial charge in [0.15, 0.2) is 0 Å². The minimum absolute atomic E-state index is 0.174. The molecule has 76 valence electrons. The maximum Gasteiger partial charge on any atom is 0.218 e. The second kappa shape index (κ2) is 5.88. The average Bonchev–Trinajstić information content (AvgIpc) is 2.00. The molecule has 4 N–H and O–H groups in total. The molecule has 0 rings (SSSR count). The molecule has 4 nitrogen and oxygen atoms in total. The third-order valence-corrected chi connectivity index (χ3v) is 2.21. The number of thiocarbonyl (C=S) groups is 1. The molecule has 0 saturated heterocycles. The third kappa shape index (κ3) is 6.48. The van der Waals surface area contributed by atoms with Crippen LogP contribution < -0.4 is 11.5 Å². The highest BCUT2D eigenvalue weighted by Crippen LogP contribution is 1.98. The molecule has 0 aliphatic heterocycles. The largest absolute Gasteiger partial charge is 0.393 e. The van der Waals surface area contributed by atoms with Gasteiger partial charge in [0, 0.05) is 25.4 Å². The standard InChI is InChI=1S/C8H17N3OS/c1-6(8(10)13)5-11(2)4-3-7(9)12/h6H,3-5H2,1-2H3,(H2,9,12)(H2,10,13). The van der Waals surface area contributed by atoms with Crippen LogP contribution in [0.25, 0.3) is 0 Å². The number of hydrogen-bond acceptors (Lipinski definition) is 3. The average molecular weight is 203 g/mol. The zero-order valence-corrected chi connectivity index (χ0v) is 8.93. The fourth-order valence-electron chi connectivity index (χ4n) is 0.950. The molecule has 0 radical (unpaired) electrons. The number of rotatable bonds is 6. The zero-order valence-electron chi connectivity index (χ0n) is 8.12. The van der Waals surface area contributed by atoms with E-state index in [2.05, 4.69) is 0 Å². The lowest BCUT2D eigenvalue weighted by atomic mass is 10.1. The number of primary amides is 1. The second-order valence-corrected chi connectivity index (χ2v) is 3.75. The maximum atomic E-state index is 10.5. The maximum absolute atomic E-state index is 10.5. The van der Waals surface area contributed by atoms with Crippen molar-refractivity contribution in [3.05, 3.63) is 0 Å². The van der Waals surface area contributed by atoms with E-state index in [1.54, 1.807) is 0 Å². The van der Waals surface area contributed by atoms with E-state index < -0.39 is 0 Å². The molecule has 0 aliphatic carbocycles. The van der Waals surface area contributed by atoms with E-state index in [4.69, 9.17) is 23.7 Å². The van der Waals surface area contributed by atoms with Crippen molar-refractivity contribution in [2.75, 3.05) is 20.1 Å². The van der Waals surface area contributed by atoms with Crippen LogP contribution in [0.15, 0.2) is 0 Å². The zero-order chi connectivity index (χ0) is 10.4. The Hall–Kier alpha value is -0.680. The van der Waals surface area contributed by atoms with Gasteiger partial charge in [0.1, 0.15) is 0 Å². The molecule has 0 saturated carbocycles. The van der Waals surface area contributed by atoms with E-state index in [-0.39, 0.29) is 11.8 Å². The molecule has 5 heteroatoms. The Morgan fingerprint density at radius 3 is 2.46 bits per heavy atom. The van der Waals surface area contributed by atoms with Crippen molar-refractivity contribution >= 4 is 23.1 Å². The summed E-state index contributed by atoms with van der Waals surface area (Å²) in [6.45, 7) is 3.38. The number of amides is 1. The fraction of sp³-hybridized carbons (Fsp3) is 0.750. The first-order chi connectivity index (χ1) is 5.93. The first-order valence-electron chi connectivity index (χ1n) is 4.19. The summed E-state index contributed by atoms with van der Waals surface area (Å²) >= 11 is 4.83. The van der Waals surface area contributed by atoms with Gasteiger partial charge in [-0.05, 0) is 7.05 Å². The lowest BCUT2D eigenvalue weighted by Crippen LogP contribution is -2.33. The molecule has 0 aromatic heterocycles. The van der Waals surface area contributed by atoms with Crippen LogP contribution in [0.1, 0.15) is 13.3 Å². The molecule has 13 heavy (non-hydrogen) atoms. The number of nitrogens with two attached hydrogens (primary N) is 2. The fourth-order valence-corrected chi connectivity index (χ4v) is 1.02. The van der Waals surface area contributed by atoms with Crippen LogP contribution in [0.2, 0.25) is 0 Å². The minimum atomic E-state index is -0.283. The summed E-state index contributed by atoms with van der Waals surface area (Å²) < 4.78 is 0. The monoisotopic (exact) mass is 203 g/mol. The molecule has 0 heterocycles. The highest BCUT2D eigenvalue weighted by atomic mass is 32.1.